The van der Waals surface area contributed by atoms with Gasteiger partial charge in [-0.15, -0.1) is 0 Å². The van der Waals surface area contributed by atoms with Crippen LogP contribution >= 0.6 is 0 Å². The highest BCUT2D eigenvalue weighted by Gasteiger charge is 2.28. The molecule has 0 aromatic heterocycles. The van der Waals surface area contributed by atoms with Gasteiger partial charge < -0.3 is 28.4 Å². The SMILES string of the molecule is C=CC(=O)OCCCCCCCCCCCOc1ccc2cc(C#CC(=O)Oc3ccc(OC(=O)C4CCC(OCCCCCCCCCCCOC(=O)C=C)CC4)cc3)ccc2c1. The fraction of sp³-hybridized carbons (Fsp3) is 0.519. The minimum Gasteiger partial charge on any atom is -0.494 e. The number of unbranched alkanes of at least 4 members (excludes halogenated alkanes) is 16. The lowest BCUT2D eigenvalue weighted by Gasteiger charge is -2.27. The van der Waals surface area contributed by atoms with Crippen molar-refractivity contribution in [3.63, 3.8) is 0 Å². The summed E-state index contributed by atoms with van der Waals surface area (Å²) < 4.78 is 33.2. The van der Waals surface area contributed by atoms with E-state index in [-0.39, 0.29) is 29.9 Å². The molecule has 0 atom stereocenters. The summed E-state index contributed by atoms with van der Waals surface area (Å²) in [5.74, 6) is 5.24. The smallest absolute Gasteiger partial charge is 0.390 e. The first-order valence-corrected chi connectivity index (χ1v) is 23.7. The van der Waals surface area contributed by atoms with E-state index in [2.05, 4.69) is 25.0 Å². The first kappa shape index (κ1) is 51.2. The molecule has 0 bridgehead atoms. The number of rotatable bonds is 31. The van der Waals surface area contributed by atoms with Crippen LogP contribution in [0.25, 0.3) is 10.8 Å². The molecule has 1 aliphatic rings. The van der Waals surface area contributed by atoms with Gasteiger partial charge in [-0.25, -0.2) is 14.4 Å². The van der Waals surface area contributed by atoms with E-state index < -0.39 is 5.97 Å². The highest BCUT2D eigenvalue weighted by Crippen LogP contribution is 2.29. The van der Waals surface area contributed by atoms with Gasteiger partial charge in [-0.1, -0.05) is 121 Å². The number of carbonyl (C=O) groups is 4. The number of carbonyl (C=O) groups excluding carboxylic acids is 4. The van der Waals surface area contributed by atoms with Crippen molar-refractivity contribution in [2.45, 2.75) is 147 Å². The van der Waals surface area contributed by atoms with E-state index in [1.807, 2.05) is 36.4 Å². The van der Waals surface area contributed by atoms with Crippen LogP contribution in [0, 0.1) is 17.8 Å². The van der Waals surface area contributed by atoms with Crippen molar-refractivity contribution < 1.29 is 47.6 Å². The molecular formula is C54H70O10. The van der Waals surface area contributed by atoms with E-state index in [1.54, 1.807) is 24.3 Å². The lowest BCUT2D eigenvalue weighted by atomic mass is 9.87. The molecule has 1 aliphatic carbocycles. The second-order valence-corrected chi connectivity index (χ2v) is 16.6. The molecule has 3 aromatic rings. The molecule has 4 rings (SSSR count). The van der Waals surface area contributed by atoms with Crippen molar-refractivity contribution in [2.75, 3.05) is 26.4 Å². The normalized spacial score (nSPS) is 14.4. The molecule has 0 N–H and O–H groups in total. The molecule has 1 saturated carbocycles. The Labute approximate surface area is 381 Å². The maximum Gasteiger partial charge on any atom is 0.390 e. The summed E-state index contributed by atoms with van der Waals surface area (Å²) in [6, 6.07) is 18.2. The number of ether oxygens (including phenoxy) is 6. The van der Waals surface area contributed by atoms with E-state index in [1.165, 1.54) is 82.8 Å². The van der Waals surface area contributed by atoms with Gasteiger partial charge in [0.25, 0.3) is 0 Å². The Kier molecular flexibility index (Phi) is 25.2. The average Bonchev–Trinajstić information content (AvgIpc) is 3.31. The molecule has 346 valence electrons. The highest BCUT2D eigenvalue weighted by atomic mass is 16.5. The van der Waals surface area contributed by atoms with Gasteiger partial charge in [0.15, 0.2) is 0 Å². The van der Waals surface area contributed by atoms with Crippen LogP contribution in [0.2, 0.25) is 0 Å². The third-order valence-electron chi connectivity index (χ3n) is 11.4. The molecule has 0 radical (unpaired) electrons. The van der Waals surface area contributed by atoms with Gasteiger partial charge in [0.1, 0.15) is 17.2 Å². The van der Waals surface area contributed by atoms with E-state index in [0.717, 1.165) is 93.8 Å². The van der Waals surface area contributed by atoms with E-state index in [0.29, 0.717) is 36.9 Å². The zero-order valence-electron chi connectivity index (χ0n) is 38.0. The van der Waals surface area contributed by atoms with Crippen LogP contribution in [-0.2, 0) is 33.4 Å². The van der Waals surface area contributed by atoms with Crippen molar-refractivity contribution in [1.29, 1.82) is 0 Å². The van der Waals surface area contributed by atoms with Crippen LogP contribution < -0.4 is 14.2 Å². The van der Waals surface area contributed by atoms with Crippen molar-refractivity contribution in [3.8, 4) is 29.1 Å². The maximum atomic E-state index is 12.9. The fourth-order valence-corrected chi connectivity index (χ4v) is 7.67. The second-order valence-electron chi connectivity index (χ2n) is 16.6. The predicted octanol–water partition coefficient (Wildman–Crippen LogP) is 12.1. The molecule has 0 unspecified atom stereocenters. The molecule has 0 aliphatic heterocycles. The molecule has 0 saturated heterocycles. The molecule has 3 aromatic carbocycles. The summed E-state index contributed by atoms with van der Waals surface area (Å²) in [7, 11) is 0. The van der Waals surface area contributed by atoms with Gasteiger partial charge in [0.2, 0.25) is 0 Å². The van der Waals surface area contributed by atoms with Crippen molar-refractivity contribution in [3.05, 3.63) is 91.5 Å². The number of esters is 4. The number of hydrogen-bond acceptors (Lipinski definition) is 10. The third kappa shape index (κ3) is 21.8. The Bertz CT molecular complexity index is 1930. The molecule has 0 heterocycles. The van der Waals surface area contributed by atoms with Gasteiger partial charge in [0.05, 0.1) is 31.8 Å². The highest BCUT2D eigenvalue weighted by molar-refractivity contribution is 5.91. The van der Waals surface area contributed by atoms with E-state index >= 15 is 0 Å². The predicted molar refractivity (Wildman–Crippen MR) is 251 cm³/mol. The zero-order chi connectivity index (χ0) is 45.5. The lowest BCUT2D eigenvalue weighted by molar-refractivity contribution is -0.141. The molecule has 10 heteroatoms. The average molecular weight is 879 g/mol. The van der Waals surface area contributed by atoms with Crippen molar-refractivity contribution >= 4 is 34.6 Å². The van der Waals surface area contributed by atoms with Crippen LogP contribution in [0.15, 0.2) is 86.0 Å². The van der Waals surface area contributed by atoms with Crippen LogP contribution in [0.1, 0.15) is 147 Å². The quantitative estimate of drug-likeness (QED) is 0.0203. The maximum absolute atomic E-state index is 12.9. The minimum atomic E-state index is -0.682. The standard InChI is InChI=1S/C54H70O10/c1-3-51(55)61-39-21-17-13-9-5-7-11-15-19-37-59-47-29-26-44(27-30-47)54(58)64-49-34-32-48(33-35-49)63-53(57)36-24-43-23-25-46-42-50(31-28-45(46)41-43)60-38-20-16-12-8-6-10-14-18-22-40-62-52(56)4-2/h3-4,23,25,28,31-35,41-42,44,47H,1-2,5-22,26-27,29-30,37-40H2. The van der Waals surface area contributed by atoms with Gasteiger partial charge in [-0.05, 0) is 111 Å². The number of benzene rings is 3. The van der Waals surface area contributed by atoms with Gasteiger partial charge in [-0.3, -0.25) is 4.79 Å². The van der Waals surface area contributed by atoms with Crippen LogP contribution in [-0.4, -0.2) is 56.4 Å². The largest absolute Gasteiger partial charge is 0.494 e. The number of hydrogen-bond donors (Lipinski definition) is 0. The molecule has 1 fully saturated rings. The van der Waals surface area contributed by atoms with Gasteiger partial charge in [-0.2, -0.15) is 0 Å². The Morgan fingerprint density at radius 2 is 0.969 bits per heavy atom. The first-order valence-electron chi connectivity index (χ1n) is 23.7. The van der Waals surface area contributed by atoms with Crippen LogP contribution in [0.3, 0.4) is 0 Å². The Balaban J connectivity index is 1.02. The monoisotopic (exact) mass is 878 g/mol. The molecule has 64 heavy (non-hydrogen) atoms. The van der Waals surface area contributed by atoms with Gasteiger partial charge in [0, 0.05) is 30.2 Å². The lowest BCUT2D eigenvalue weighted by Crippen LogP contribution is -2.29. The Morgan fingerprint density at radius 1 is 0.516 bits per heavy atom. The summed E-state index contributed by atoms with van der Waals surface area (Å²) in [4.78, 5) is 47.5. The van der Waals surface area contributed by atoms with Crippen LogP contribution in [0.5, 0.6) is 17.2 Å². The summed E-state index contributed by atoms with van der Waals surface area (Å²) in [6.07, 6.45) is 26.3. The first-order chi connectivity index (χ1) is 31.3. The Hall–Kier alpha value is -5.40. The van der Waals surface area contributed by atoms with E-state index in [4.69, 9.17) is 28.4 Å². The van der Waals surface area contributed by atoms with E-state index in [9.17, 15) is 19.2 Å². The molecule has 0 spiro atoms. The van der Waals surface area contributed by atoms with Crippen molar-refractivity contribution in [2.24, 2.45) is 5.92 Å². The summed E-state index contributed by atoms with van der Waals surface area (Å²) in [5.41, 5.74) is 0.698. The fourth-order valence-electron chi connectivity index (χ4n) is 7.67. The summed E-state index contributed by atoms with van der Waals surface area (Å²) in [6.45, 7) is 9.19. The minimum absolute atomic E-state index is 0.158. The van der Waals surface area contributed by atoms with Gasteiger partial charge >= 0.3 is 23.9 Å². The second kappa shape index (κ2) is 31.4. The molecule has 10 nitrogen and oxygen atoms in total. The third-order valence-corrected chi connectivity index (χ3v) is 11.4. The molecule has 0 amide bonds. The summed E-state index contributed by atoms with van der Waals surface area (Å²) in [5, 5.41) is 2.03. The topological polar surface area (TPSA) is 124 Å². The van der Waals surface area contributed by atoms with Crippen molar-refractivity contribution in [1.82, 2.24) is 0 Å². The summed E-state index contributed by atoms with van der Waals surface area (Å²) >= 11 is 0. The molecular weight excluding hydrogens is 809 g/mol. The Morgan fingerprint density at radius 3 is 1.52 bits per heavy atom. The zero-order valence-corrected chi connectivity index (χ0v) is 38.0. The van der Waals surface area contributed by atoms with Crippen LogP contribution in [0.4, 0.5) is 0 Å². The number of fused-ring (bicyclic) bond motifs is 1.